The zero-order valence-corrected chi connectivity index (χ0v) is 14.9. The Morgan fingerprint density at radius 3 is 2.60 bits per heavy atom. The van der Waals surface area contributed by atoms with Gasteiger partial charge < -0.3 is 10.1 Å². The fraction of sp³-hybridized carbons (Fsp3) is 0.235. The fourth-order valence-corrected chi connectivity index (χ4v) is 2.97. The largest absolute Gasteiger partial charge is 0.456 e. The first kappa shape index (κ1) is 19.1. The lowest BCUT2D eigenvalue weighted by Crippen LogP contribution is -2.21. The summed E-state index contributed by atoms with van der Waals surface area (Å²) in [5.41, 5.74) is 0.215. The van der Waals surface area contributed by atoms with Crippen LogP contribution in [0, 0.1) is 12.7 Å². The second-order valence-corrected chi connectivity index (χ2v) is 6.86. The van der Waals surface area contributed by atoms with E-state index in [4.69, 9.17) is 16.3 Å². The molecule has 0 saturated heterocycles. The SMILES string of the molecule is Cc1ccc(C(=O)CCC(=O)OCC(=O)Nc2ccc(F)cc2Cl)s1. The van der Waals surface area contributed by atoms with Crippen molar-refractivity contribution >= 4 is 46.3 Å². The summed E-state index contributed by atoms with van der Waals surface area (Å²) in [6, 6.07) is 7.06. The van der Waals surface area contributed by atoms with Crippen molar-refractivity contribution in [2.45, 2.75) is 19.8 Å². The number of carbonyl (C=O) groups excluding carboxylic acids is 3. The van der Waals surface area contributed by atoms with E-state index in [9.17, 15) is 18.8 Å². The summed E-state index contributed by atoms with van der Waals surface area (Å²) in [6.07, 6.45) is -0.0927. The minimum absolute atomic E-state index is 0.0181. The molecule has 0 fully saturated rings. The van der Waals surface area contributed by atoms with Crippen LogP contribution < -0.4 is 5.32 Å². The zero-order chi connectivity index (χ0) is 18.4. The predicted molar refractivity (Wildman–Crippen MR) is 93.6 cm³/mol. The van der Waals surface area contributed by atoms with Crippen LogP contribution in [0.25, 0.3) is 0 Å². The normalized spacial score (nSPS) is 10.4. The number of Topliss-reactive ketones (excluding diaryl/α,β-unsaturated/α-hetero) is 1. The molecule has 1 aromatic heterocycles. The van der Waals surface area contributed by atoms with Gasteiger partial charge in [-0.25, -0.2) is 4.39 Å². The van der Waals surface area contributed by atoms with Crippen LogP contribution in [-0.4, -0.2) is 24.3 Å². The number of anilines is 1. The Labute approximate surface area is 152 Å². The molecule has 5 nitrogen and oxygen atoms in total. The lowest BCUT2D eigenvalue weighted by atomic mass is 10.2. The highest BCUT2D eigenvalue weighted by Crippen LogP contribution is 2.22. The van der Waals surface area contributed by atoms with Crippen LogP contribution in [0.4, 0.5) is 10.1 Å². The van der Waals surface area contributed by atoms with Gasteiger partial charge in [-0.1, -0.05) is 11.6 Å². The van der Waals surface area contributed by atoms with Gasteiger partial charge >= 0.3 is 5.97 Å². The quantitative estimate of drug-likeness (QED) is 0.579. The second kappa shape index (κ2) is 8.73. The van der Waals surface area contributed by atoms with Crippen LogP contribution in [0.1, 0.15) is 27.4 Å². The molecule has 1 amide bonds. The predicted octanol–water partition coefficient (Wildman–Crippen LogP) is 3.99. The molecule has 1 aromatic carbocycles. The molecule has 2 aromatic rings. The standard InChI is InChI=1S/C17H15ClFNO4S/c1-10-2-6-15(25-10)14(21)5-7-17(23)24-9-16(22)20-13-4-3-11(19)8-12(13)18/h2-4,6,8H,5,7,9H2,1H3,(H,20,22). The van der Waals surface area contributed by atoms with Gasteiger partial charge in [0.05, 0.1) is 22.0 Å². The van der Waals surface area contributed by atoms with E-state index < -0.39 is 24.3 Å². The van der Waals surface area contributed by atoms with Crippen molar-refractivity contribution in [1.29, 1.82) is 0 Å². The monoisotopic (exact) mass is 383 g/mol. The van der Waals surface area contributed by atoms with E-state index in [1.165, 1.54) is 17.4 Å². The van der Waals surface area contributed by atoms with E-state index in [0.717, 1.165) is 17.0 Å². The number of rotatable bonds is 7. The maximum atomic E-state index is 12.9. The zero-order valence-electron chi connectivity index (χ0n) is 13.3. The number of ether oxygens (including phenoxy) is 1. The number of hydrogen-bond donors (Lipinski definition) is 1. The third kappa shape index (κ3) is 5.95. The Balaban J connectivity index is 1.74. The lowest BCUT2D eigenvalue weighted by molar-refractivity contribution is -0.147. The molecule has 0 aliphatic heterocycles. The maximum absolute atomic E-state index is 12.9. The highest BCUT2D eigenvalue weighted by Gasteiger charge is 2.14. The Morgan fingerprint density at radius 1 is 1.20 bits per heavy atom. The number of esters is 1. The first-order valence-electron chi connectivity index (χ1n) is 7.35. The topological polar surface area (TPSA) is 72.5 Å². The minimum Gasteiger partial charge on any atom is -0.456 e. The molecule has 0 aliphatic rings. The van der Waals surface area contributed by atoms with E-state index in [-0.39, 0.29) is 29.3 Å². The number of halogens is 2. The molecule has 25 heavy (non-hydrogen) atoms. The Kier molecular flexibility index (Phi) is 6.66. The first-order chi connectivity index (χ1) is 11.8. The second-order valence-electron chi connectivity index (χ2n) is 5.17. The number of aryl methyl sites for hydroxylation is 1. The molecule has 0 bridgehead atoms. The van der Waals surface area contributed by atoms with Gasteiger partial charge in [-0.2, -0.15) is 0 Å². The highest BCUT2D eigenvalue weighted by molar-refractivity contribution is 7.14. The summed E-state index contributed by atoms with van der Waals surface area (Å²) >= 11 is 7.15. The lowest BCUT2D eigenvalue weighted by Gasteiger charge is -2.08. The van der Waals surface area contributed by atoms with Gasteiger partial charge in [0.2, 0.25) is 0 Å². The fourth-order valence-electron chi connectivity index (χ4n) is 1.92. The number of hydrogen-bond acceptors (Lipinski definition) is 5. The van der Waals surface area contributed by atoms with Crippen LogP contribution >= 0.6 is 22.9 Å². The van der Waals surface area contributed by atoms with Gasteiger partial charge in [0, 0.05) is 11.3 Å². The molecule has 1 N–H and O–H groups in total. The highest BCUT2D eigenvalue weighted by atomic mass is 35.5. The summed E-state index contributed by atoms with van der Waals surface area (Å²) in [4.78, 5) is 36.8. The van der Waals surface area contributed by atoms with Crippen LogP contribution in [-0.2, 0) is 14.3 Å². The summed E-state index contributed by atoms with van der Waals surface area (Å²) in [5, 5.41) is 2.44. The van der Waals surface area contributed by atoms with Crippen molar-refractivity contribution in [2.75, 3.05) is 11.9 Å². The third-order valence-corrected chi connectivity index (χ3v) is 4.50. The van der Waals surface area contributed by atoms with E-state index in [2.05, 4.69) is 5.32 Å². The Hall–Kier alpha value is -2.25. The number of amides is 1. The molecule has 8 heteroatoms. The molecule has 0 radical (unpaired) electrons. The molecule has 0 aliphatic carbocycles. The van der Waals surface area contributed by atoms with Crippen LogP contribution in [0.3, 0.4) is 0 Å². The van der Waals surface area contributed by atoms with E-state index >= 15 is 0 Å². The molecule has 2 rings (SSSR count). The molecule has 0 atom stereocenters. The van der Waals surface area contributed by atoms with Crippen molar-refractivity contribution in [1.82, 2.24) is 0 Å². The molecule has 0 spiro atoms. The minimum atomic E-state index is -0.651. The van der Waals surface area contributed by atoms with E-state index in [1.807, 2.05) is 13.0 Å². The Bertz CT molecular complexity index is 806. The van der Waals surface area contributed by atoms with Gasteiger partial charge in [0.1, 0.15) is 5.82 Å². The van der Waals surface area contributed by atoms with Crippen LogP contribution in [0.15, 0.2) is 30.3 Å². The van der Waals surface area contributed by atoms with Gasteiger partial charge in [0.15, 0.2) is 12.4 Å². The van der Waals surface area contributed by atoms with Gasteiger partial charge in [0.25, 0.3) is 5.91 Å². The molecule has 1 heterocycles. The molecular weight excluding hydrogens is 369 g/mol. The van der Waals surface area contributed by atoms with E-state index in [0.29, 0.717) is 4.88 Å². The first-order valence-corrected chi connectivity index (χ1v) is 8.55. The molecule has 0 unspecified atom stereocenters. The van der Waals surface area contributed by atoms with E-state index in [1.54, 1.807) is 6.07 Å². The van der Waals surface area contributed by atoms with Gasteiger partial charge in [-0.05, 0) is 37.3 Å². The van der Waals surface area contributed by atoms with Crippen molar-refractivity contribution in [2.24, 2.45) is 0 Å². The van der Waals surface area contributed by atoms with Crippen molar-refractivity contribution in [3.8, 4) is 0 Å². The van der Waals surface area contributed by atoms with Crippen LogP contribution in [0.5, 0.6) is 0 Å². The van der Waals surface area contributed by atoms with Crippen molar-refractivity contribution in [3.05, 3.63) is 50.9 Å². The number of benzene rings is 1. The summed E-state index contributed by atoms with van der Waals surface area (Å²) in [7, 11) is 0. The smallest absolute Gasteiger partial charge is 0.306 e. The average Bonchev–Trinajstić information content (AvgIpc) is 3.00. The number of ketones is 1. The summed E-state index contributed by atoms with van der Waals surface area (Å²) < 4.78 is 17.7. The van der Waals surface area contributed by atoms with Gasteiger partial charge in [-0.3, -0.25) is 14.4 Å². The summed E-state index contributed by atoms with van der Waals surface area (Å²) in [6.45, 7) is 1.38. The number of carbonyl (C=O) groups is 3. The third-order valence-electron chi connectivity index (χ3n) is 3.14. The Morgan fingerprint density at radius 2 is 1.96 bits per heavy atom. The average molecular weight is 384 g/mol. The number of nitrogens with one attached hydrogen (secondary N) is 1. The summed E-state index contributed by atoms with van der Waals surface area (Å²) in [5.74, 6) is -1.93. The molecular formula is C17H15ClFNO4S. The maximum Gasteiger partial charge on any atom is 0.306 e. The molecule has 0 saturated carbocycles. The van der Waals surface area contributed by atoms with Crippen molar-refractivity contribution in [3.63, 3.8) is 0 Å². The van der Waals surface area contributed by atoms with Crippen LogP contribution in [0.2, 0.25) is 5.02 Å². The molecule has 132 valence electrons. The van der Waals surface area contributed by atoms with Crippen molar-refractivity contribution < 1.29 is 23.5 Å². The number of thiophene rings is 1. The van der Waals surface area contributed by atoms with Gasteiger partial charge in [-0.15, -0.1) is 11.3 Å².